The van der Waals surface area contributed by atoms with Gasteiger partial charge in [-0.2, -0.15) is 0 Å². The van der Waals surface area contributed by atoms with Crippen molar-refractivity contribution in [3.8, 4) is 11.6 Å². The van der Waals surface area contributed by atoms with Crippen LogP contribution in [0.2, 0.25) is 0 Å². The lowest BCUT2D eigenvalue weighted by Crippen LogP contribution is -2.49. The van der Waals surface area contributed by atoms with Gasteiger partial charge in [0.15, 0.2) is 16.7 Å². The molecule has 2 aromatic heterocycles. The number of carbonyl (C=O) groups excluding carboxylic acids is 1. The number of thioether (sulfide) groups is 1. The van der Waals surface area contributed by atoms with Gasteiger partial charge in [-0.3, -0.25) is 9.36 Å². The van der Waals surface area contributed by atoms with E-state index >= 15 is 0 Å². The number of hydrogen-bond donors (Lipinski definition) is 0. The number of piperazine rings is 1. The molecule has 1 saturated heterocycles. The molecule has 3 heterocycles. The SMILES string of the molecule is CCn1c(SCC(=O)N2CCN(c3ccc(F)cc3)CC2)nnc1-c1ccco1. The van der Waals surface area contributed by atoms with Gasteiger partial charge in [0.1, 0.15) is 5.82 Å². The van der Waals surface area contributed by atoms with E-state index in [4.69, 9.17) is 4.42 Å². The fourth-order valence-corrected chi connectivity index (χ4v) is 4.26. The Morgan fingerprint density at radius 1 is 1.14 bits per heavy atom. The molecule has 1 aliphatic heterocycles. The zero-order valence-electron chi connectivity index (χ0n) is 16.1. The van der Waals surface area contributed by atoms with Gasteiger partial charge in [0.25, 0.3) is 0 Å². The average Bonchev–Trinajstić information content (AvgIpc) is 3.42. The van der Waals surface area contributed by atoms with Gasteiger partial charge in [0, 0.05) is 38.4 Å². The Kier molecular flexibility index (Phi) is 5.84. The third-order valence-corrected chi connectivity index (χ3v) is 5.88. The fraction of sp³-hybridized carbons (Fsp3) is 0.350. The number of carbonyl (C=O) groups is 1. The average molecular weight is 415 g/mol. The molecule has 1 fully saturated rings. The number of amides is 1. The molecule has 3 aromatic rings. The first-order valence-electron chi connectivity index (χ1n) is 9.54. The van der Waals surface area contributed by atoms with Crippen LogP contribution in [0, 0.1) is 5.82 Å². The molecule has 0 unspecified atom stereocenters. The second-order valence-electron chi connectivity index (χ2n) is 6.66. The molecule has 0 radical (unpaired) electrons. The highest BCUT2D eigenvalue weighted by atomic mass is 32.2. The van der Waals surface area contributed by atoms with E-state index in [0.29, 0.717) is 42.1 Å². The fourth-order valence-electron chi connectivity index (χ4n) is 3.35. The van der Waals surface area contributed by atoms with Crippen molar-refractivity contribution in [3.63, 3.8) is 0 Å². The van der Waals surface area contributed by atoms with Gasteiger partial charge in [-0.15, -0.1) is 10.2 Å². The van der Waals surface area contributed by atoms with E-state index < -0.39 is 0 Å². The molecule has 29 heavy (non-hydrogen) atoms. The largest absolute Gasteiger partial charge is 0.461 e. The smallest absolute Gasteiger partial charge is 0.233 e. The summed E-state index contributed by atoms with van der Waals surface area (Å²) in [7, 11) is 0. The van der Waals surface area contributed by atoms with E-state index in [1.807, 2.05) is 28.5 Å². The molecule has 1 aromatic carbocycles. The Morgan fingerprint density at radius 2 is 1.90 bits per heavy atom. The number of nitrogens with zero attached hydrogens (tertiary/aromatic N) is 5. The van der Waals surface area contributed by atoms with Crippen LogP contribution in [0.5, 0.6) is 0 Å². The lowest BCUT2D eigenvalue weighted by Gasteiger charge is -2.36. The Balaban J connectivity index is 1.32. The third kappa shape index (κ3) is 4.29. The number of rotatable bonds is 6. The van der Waals surface area contributed by atoms with Crippen molar-refractivity contribution in [2.75, 3.05) is 36.8 Å². The molecule has 0 bridgehead atoms. The van der Waals surface area contributed by atoms with Crippen molar-refractivity contribution in [1.82, 2.24) is 19.7 Å². The first-order valence-corrected chi connectivity index (χ1v) is 10.5. The molecule has 0 aliphatic carbocycles. The van der Waals surface area contributed by atoms with Crippen LogP contribution in [0.25, 0.3) is 11.6 Å². The van der Waals surface area contributed by atoms with Crippen LogP contribution in [0.4, 0.5) is 10.1 Å². The number of hydrogen-bond acceptors (Lipinski definition) is 6. The van der Waals surface area contributed by atoms with E-state index in [-0.39, 0.29) is 11.7 Å². The van der Waals surface area contributed by atoms with E-state index in [1.54, 1.807) is 18.4 Å². The maximum Gasteiger partial charge on any atom is 0.233 e. The molecule has 0 saturated carbocycles. The lowest BCUT2D eigenvalue weighted by atomic mass is 10.2. The second-order valence-corrected chi connectivity index (χ2v) is 7.60. The van der Waals surface area contributed by atoms with Crippen LogP contribution in [-0.2, 0) is 11.3 Å². The van der Waals surface area contributed by atoms with Crippen molar-refractivity contribution < 1.29 is 13.6 Å². The summed E-state index contributed by atoms with van der Waals surface area (Å²) in [6.45, 7) is 5.46. The van der Waals surface area contributed by atoms with Gasteiger partial charge in [-0.25, -0.2) is 4.39 Å². The number of aromatic nitrogens is 3. The summed E-state index contributed by atoms with van der Waals surface area (Å²) in [5.74, 6) is 1.48. The minimum atomic E-state index is -0.241. The highest BCUT2D eigenvalue weighted by Gasteiger charge is 2.23. The Labute approximate surface area is 172 Å². The standard InChI is InChI=1S/C20H22FN5O2S/c1-2-26-19(17-4-3-13-28-17)22-23-20(26)29-14-18(27)25-11-9-24(10-12-25)16-7-5-15(21)6-8-16/h3-8,13H,2,9-12,14H2,1H3. The van der Waals surface area contributed by atoms with Crippen molar-refractivity contribution in [2.24, 2.45) is 0 Å². The molecule has 0 spiro atoms. The molecule has 9 heteroatoms. The maximum atomic E-state index is 13.1. The molecule has 1 aliphatic rings. The Bertz CT molecular complexity index is 950. The van der Waals surface area contributed by atoms with Gasteiger partial charge in [-0.05, 0) is 43.3 Å². The molecule has 152 valence electrons. The zero-order valence-corrected chi connectivity index (χ0v) is 16.9. The number of furan rings is 1. The second kappa shape index (κ2) is 8.69. The zero-order chi connectivity index (χ0) is 20.2. The van der Waals surface area contributed by atoms with Gasteiger partial charge in [-0.1, -0.05) is 11.8 Å². The summed E-state index contributed by atoms with van der Waals surface area (Å²) in [6.07, 6.45) is 1.60. The quantitative estimate of drug-likeness (QED) is 0.576. The van der Waals surface area contributed by atoms with Crippen molar-refractivity contribution in [3.05, 3.63) is 48.5 Å². The van der Waals surface area contributed by atoms with Crippen LogP contribution < -0.4 is 4.90 Å². The summed E-state index contributed by atoms with van der Waals surface area (Å²) < 4.78 is 20.5. The van der Waals surface area contributed by atoms with Crippen LogP contribution in [-0.4, -0.2) is 57.5 Å². The Hall–Kier alpha value is -2.81. The summed E-state index contributed by atoms with van der Waals surface area (Å²) in [5, 5.41) is 9.14. The minimum absolute atomic E-state index is 0.0824. The van der Waals surface area contributed by atoms with E-state index in [9.17, 15) is 9.18 Å². The topological polar surface area (TPSA) is 67.4 Å². The maximum absolute atomic E-state index is 13.1. The summed E-state index contributed by atoms with van der Waals surface area (Å²) >= 11 is 1.39. The van der Waals surface area contributed by atoms with E-state index in [0.717, 1.165) is 18.8 Å². The third-order valence-electron chi connectivity index (χ3n) is 4.92. The minimum Gasteiger partial charge on any atom is -0.461 e. The van der Waals surface area contributed by atoms with Gasteiger partial charge >= 0.3 is 0 Å². The highest BCUT2D eigenvalue weighted by Crippen LogP contribution is 2.25. The highest BCUT2D eigenvalue weighted by molar-refractivity contribution is 7.99. The summed E-state index contributed by atoms with van der Waals surface area (Å²) in [5.41, 5.74) is 0.981. The molecule has 4 rings (SSSR count). The molecule has 7 nitrogen and oxygen atoms in total. The molecular formula is C20H22FN5O2S. The molecule has 0 atom stereocenters. The van der Waals surface area contributed by atoms with Crippen molar-refractivity contribution >= 4 is 23.4 Å². The van der Waals surface area contributed by atoms with Crippen molar-refractivity contribution in [1.29, 1.82) is 0 Å². The normalized spacial score (nSPS) is 14.4. The first kappa shape index (κ1) is 19.5. The molecular weight excluding hydrogens is 393 g/mol. The predicted octanol–water partition coefficient (Wildman–Crippen LogP) is 3.14. The Morgan fingerprint density at radius 3 is 2.55 bits per heavy atom. The lowest BCUT2D eigenvalue weighted by molar-refractivity contribution is -0.128. The van der Waals surface area contributed by atoms with E-state index in [2.05, 4.69) is 15.1 Å². The van der Waals surface area contributed by atoms with Gasteiger partial charge < -0.3 is 14.2 Å². The first-order chi connectivity index (χ1) is 14.2. The molecule has 1 amide bonds. The summed E-state index contributed by atoms with van der Waals surface area (Å²) in [6, 6.07) is 10.1. The molecule has 0 N–H and O–H groups in total. The van der Waals surface area contributed by atoms with Gasteiger partial charge in [0.2, 0.25) is 5.91 Å². The monoisotopic (exact) mass is 415 g/mol. The predicted molar refractivity (Wildman–Crippen MR) is 109 cm³/mol. The van der Waals surface area contributed by atoms with Crippen LogP contribution in [0.3, 0.4) is 0 Å². The van der Waals surface area contributed by atoms with Crippen LogP contribution in [0.1, 0.15) is 6.92 Å². The number of benzene rings is 1. The van der Waals surface area contributed by atoms with Crippen LogP contribution in [0.15, 0.2) is 52.2 Å². The van der Waals surface area contributed by atoms with Gasteiger partial charge in [0.05, 0.1) is 12.0 Å². The number of halogens is 1. The van der Waals surface area contributed by atoms with Crippen LogP contribution >= 0.6 is 11.8 Å². The van der Waals surface area contributed by atoms with Crippen molar-refractivity contribution in [2.45, 2.75) is 18.6 Å². The number of anilines is 1. The summed E-state index contributed by atoms with van der Waals surface area (Å²) in [4.78, 5) is 16.7. The van der Waals surface area contributed by atoms with E-state index in [1.165, 1.54) is 23.9 Å².